The topological polar surface area (TPSA) is 30.2 Å². The van der Waals surface area contributed by atoms with Gasteiger partial charge in [-0.05, 0) is 62.5 Å². The van der Waals surface area contributed by atoms with Crippen LogP contribution < -0.4 is 5.01 Å². The quantitative estimate of drug-likeness (QED) is 0.219. The van der Waals surface area contributed by atoms with Crippen molar-refractivity contribution >= 4 is 74.4 Å². The molecule has 1 fully saturated rings. The first-order chi connectivity index (χ1) is 15.8. The van der Waals surface area contributed by atoms with Crippen molar-refractivity contribution in [3.05, 3.63) is 98.3 Å². The van der Waals surface area contributed by atoms with Crippen LogP contribution in [0.3, 0.4) is 0 Å². The summed E-state index contributed by atoms with van der Waals surface area (Å²) in [5, 5.41) is 3.86. The van der Waals surface area contributed by atoms with E-state index in [-0.39, 0.29) is 5.91 Å². The van der Waals surface area contributed by atoms with Gasteiger partial charge in [0.05, 0.1) is 11.4 Å². The normalized spacial score (nSPS) is 15.4. The van der Waals surface area contributed by atoms with Crippen molar-refractivity contribution in [3.63, 3.8) is 0 Å². The number of carbonyl (C=O) groups excluding carboxylic acids is 1. The van der Waals surface area contributed by atoms with Gasteiger partial charge >= 0.3 is 0 Å². The van der Waals surface area contributed by atoms with E-state index in [1.54, 1.807) is 5.01 Å². The summed E-state index contributed by atoms with van der Waals surface area (Å²) in [6, 6.07) is 17.6. The lowest BCUT2D eigenvalue weighted by Gasteiger charge is -2.20. The SMILES string of the molecule is Cc1ccc(C)n1N1C(=O)/C(=C/c2cn(Cc3c(Cl)cccc3Cl)c3ccccc23)SC1=S. The van der Waals surface area contributed by atoms with Gasteiger partial charge in [-0.1, -0.05) is 59.2 Å². The Labute approximate surface area is 211 Å². The van der Waals surface area contributed by atoms with E-state index in [1.165, 1.54) is 11.8 Å². The number of amides is 1. The monoisotopic (exact) mass is 511 g/mol. The summed E-state index contributed by atoms with van der Waals surface area (Å²) in [7, 11) is 0. The lowest BCUT2D eigenvalue weighted by molar-refractivity contribution is -0.114. The third kappa shape index (κ3) is 3.91. The molecule has 1 aliphatic heterocycles. The van der Waals surface area contributed by atoms with Gasteiger partial charge in [0.1, 0.15) is 0 Å². The number of rotatable bonds is 4. The number of hydrogen-bond acceptors (Lipinski definition) is 3. The second-order valence-corrected chi connectivity index (χ2v) is 10.3. The van der Waals surface area contributed by atoms with Crippen LogP contribution in [0, 0.1) is 13.8 Å². The Hall–Kier alpha value is -2.51. The van der Waals surface area contributed by atoms with Gasteiger partial charge in [0.15, 0.2) is 4.32 Å². The Kier molecular flexibility index (Phi) is 5.87. The highest BCUT2D eigenvalue weighted by atomic mass is 35.5. The first-order valence-corrected chi connectivity index (χ1v) is 12.3. The highest BCUT2D eigenvalue weighted by Crippen LogP contribution is 2.35. The number of para-hydroxylation sites is 1. The third-order valence-corrected chi connectivity index (χ3v) is 7.69. The van der Waals surface area contributed by atoms with E-state index in [0.29, 0.717) is 25.8 Å². The number of carbonyl (C=O) groups is 1. The number of fused-ring (bicyclic) bond motifs is 1. The molecule has 1 amide bonds. The number of nitrogens with zero attached hydrogens (tertiary/aromatic N) is 3. The van der Waals surface area contributed by atoms with E-state index >= 15 is 0 Å². The summed E-state index contributed by atoms with van der Waals surface area (Å²) in [6.07, 6.45) is 3.95. The van der Waals surface area contributed by atoms with Crippen LogP contribution in [-0.2, 0) is 11.3 Å². The average molecular weight is 512 g/mol. The van der Waals surface area contributed by atoms with Gasteiger partial charge in [0, 0.05) is 49.7 Å². The molecule has 4 nitrogen and oxygen atoms in total. The summed E-state index contributed by atoms with van der Waals surface area (Å²) in [5.41, 5.74) is 4.75. The smallest absolute Gasteiger partial charge is 0.285 e. The molecule has 4 aromatic rings. The van der Waals surface area contributed by atoms with E-state index < -0.39 is 0 Å². The molecule has 1 saturated heterocycles. The van der Waals surface area contributed by atoms with Gasteiger partial charge in [0.2, 0.25) is 0 Å². The Bertz CT molecular complexity index is 1430. The fourth-order valence-electron chi connectivity index (χ4n) is 4.12. The fraction of sp³-hybridized carbons (Fsp3) is 0.120. The van der Waals surface area contributed by atoms with Gasteiger partial charge in [-0.2, -0.15) is 5.01 Å². The summed E-state index contributed by atoms with van der Waals surface area (Å²) >= 11 is 19.7. The molecule has 2 aromatic heterocycles. The van der Waals surface area contributed by atoms with Crippen molar-refractivity contribution in [2.45, 2.75) is 20.4 Å². The zero-order valence-corrected chi connectivity index (χ0v) is 21.0. The zero-order chi connectivity index (χ0) is 23.3. The van der Waals surface area contributed by atoms with Crippen molar-refractivity contribution < 1.29 is 4.79 Å². The van der Waals surface area contributed by atoms with Gasteiger partial charge in [-0.15, -0.1) is 0 Å². The Morgan fingerprint density at radius 2 is 1.64 bits per heavy atom. The third-order valence-electron chi connectivity index (χ3n) is 5.70. The Balaban J connectivity index is 1.56. The molecule has 0 saturated carbocycles. The summed E-state index contributed by atoms with van der Waals surface area (Å²) in [5.74, 6) is -0.127. The molecule has 0 N–H and O–H groups in total. The molecule has 8 heteroatoms. The summed E-state index contributed by atoms with van der Waals surface area (Å²) in [6.45, 7) is 4.45. The van der Waals surface area contributed by atoms with Crippen LogP contribution in [0.25, 0.3) is 17.0 Å². The maximum Gasteiger partial charge on any atom is 0.285 e. The van der Waals surface area contributed by atoms with Crippen molar-refractivity contribution in [1.82, 2.24) is 9.24 Å². The minimum absolute atomic E-state index is 0.127. The number of thiocarbonyl (C=S) groups is 1. The number of aryl methyl sites for hydroxylation is 2. The van der Waals surface area contributed by atoms with E-state index in [9.17, 15) is 4.79 Å². The first kappa shape index (κ1) is 22.3. The molecule has 2 aromatic carbocycles. The molecule has 166 valence electrons. The van der Waals surface area contributed by atoms with E-state index in [0.717, 1.165) is 33.4 Å². The highest BCUT2D eigenvalue weighted by Gasteiger charge is 2.35. The number of benzene rings is 2. The predicted octanol–water partition coefficient (Wildman–Crippen LogP) is 6.95. The molecular weight excluding hydrogens is 493 g/mol. The minimum Gasteiger partial charge on any atom is -0.342 e. The van der Waals surface area contributed by atoms with Crippen LogP contribution in [0.4, 0.5) is 0 Å². The number of aromatic nitrogens is 2. The number of thioether (sulfide) groups is 1. The van der Waals surface area contributed by atoms with Gasteiger partial charge in [-0.25, -0.2) is 0 Å². The van der Waals surface area contributed by atoms with Crippen LogP contribution in [0.2, 0.25) is 10.0 Å². The second kappa shape index (κ2) is 8.69. The van der Waals surface area contributed by atoms with Crippen LogP contribution in [-0.4, -0.2) is 19.5 Å². The molecule has 0 atom stereocenters. The zero-order valence-electron chi connectivity index (χ0n) is 17.9. The molecule has 0 aliphatic carbocycles. The van der Waals surface area contributed by atoms with Crippen LogP contribution in [0.1, 0.15) is 22.5 Å². The standard InChI is InChI=1S/C25H19Cl2N3OS2/c1-15-10-11-16(2)29(15)30-24(31)23(33-25(30)32)12-17-13-28(22-9-4-3-6-18(17)22)14-19-20(26)7-5-8-21(19)27/h3-13H,14H2,1-2H3/b23-12-. The van der Waals surface area contributed by atoms with Gasteiger partial charge in [-0.3, -0.25) is 9.47 Å². The van der Waals surface area contributed by atoms with Crippen molar-refractivity contribution in [2.24, 2.45) is 0 Å². The second-order valence-electron chi connectivity index (χ2n) is 7.85. The van der Waals surface area contributed by atoms with Crippen LogP contribution in [0.15, 0.2) is 65.7 Å². The van der Waals surface area contributed by atoms with Gasteiger partial charge in [0.25, 0.3) is 5.91 Å². The molecule has 0 unspecified atom stereocenters. The molecule has 0 radical (unpaired) electrons. The Morgan fingerprint density at radius 1 is 0.970 bits per heavy atom. The highest BCUT2D eigenvalue weighted by molar-refractivity contribution is 8.27. The lowest BCUT2D eigenvalue weighted by Crippen LogP contribution is -2.39. The molecule has 1 aliphatic rings. The van der Waals surface area contributed by atoms with Crippen molar-refractivity contribution in [2.75, 3.05) is 5.01 Å². The van der Waals surface area contributed by atoms with Crippen LogP contribution >= 0.6 is 47.2 Å². The maximum atomic E-state index is 13.3. The fourth-order valence-corrected chi connectivity index (χ4v) is 5.87. The molecule has 33 heavy (non-hydrogen) atoms. The lowest BCUT2D eigenvalue weighted by atomic mass is 10.1. The average Bonchev–Trinajstić information content (AvgIpc) is 3.39. The van der Waals surface area contributed by atoms with Gasteiger partial charge < -0.3 is 4.57 Å². The largest absolute Gasteiger partial charge is 0.342 e. The molecule has 3 heterocycles. The minimum atomic E-state index is -0.127. The maximum absolute atomic E-state index is 13.3. The molecule has 0 bridgehead atoms. The molecule has 5 rings (SSSR count). The Morgan fingerprint density at radius 3 is 2.33 bits per heavy atom. The first-order valence-electron chi connectivity index (χ1n) is 10.3. The predicted molar refractivity (Wildman–Crippen MR) is 143 cm³/mol. The summed E-state index contributed by atoms with van der Waals surface area (Å²) in [4.78, 5) is 13.9. The number of hydrogen-bond donors (Lipinski definition) is 0. The summed E-state index contributed by atoms with van der Waals surface area (Å²) < 4.78 is 4.48. The van der Waals surface area contributed by atoms with E-state index in [1.807, 2.05) is 79.3 Å². The number of halogens is 2. The molecule has 0 spiro atoms. The molecular formula is C25H19Cl2N3OS2. The van der Waals surface area contributed by atoms with Crippen molar-refractivity contribution in [1.29, 1.82) is 0 Å². The van der Waals surface area contributed by atoms with Crippen LogP contribution in [0.5, 0.6) is 0 Å². The van der Waals surface area contributed by atoms with Crippen molar-refractivity contribution in [3.8, 4) is 0 Å². The van der Waals surface area contributed by atoms with E-state index in [2.05, 4.69) is 10.6 Å². The van der Waals surface area contributed by atoms with E-state index in [4.69, 9.17) is 35.4 Å².